The van der Waals surface area contributed by atoms with Gasteiger partial charge in [-0.2, -0.15) is 0 Å². The highest BCUT2D eigenvalue weighted by molar-refractivity contribution is 9.10. The number of ether oxygens (including phenoxy) is 1. The molecule has 16 heavy (non-hydrogen) atoms. The van der Waals surface area contributed by atoms with Gasteiger partial charge in [0, 0.05) is 16.4 Å². The first kappa shape index (κ1) is 9.90. The Hall–Kier alpha value is -1.29. The number of hydrogen-bond acceptors (Lipinski definition) is 2. The molecule has 2 aromatic rings. The molecule has 0 N–H and O–H groups in total. The lowest BCUT2D eigenvalue weighted by atomic mass is 10.2. The highest BCUT2D eigenvalue weighted by atomic mass is 79.9. The SMILES string of the molecule is Cc1cnc2n1CCOc1cc(Br)ccc1-2. The zero-order valence-electron chi connectivity index (χ0n) is 8.90. The molecule has 0 spiro atoms. The van der Waals surface area contributed by atoms with Crippen molar-refractivity contribution >= 4 is 15.9 Å². The summed E-state index contributed by atoms with van der Waals surface area (Å²) in [5.41, 5.74) is 2.24. The Morgan fingerprint density at radius 2 is 2.31 bits per heavy atom. The van der Waals surface area contributed by atoms with Gasteiger partial charge < -0.3 is 9.30 Å². The fourth-order valence-corrected chi connectivity index (χ4v) is 2.35. The Kier molecular flexibility index (Phi) is 2.24. The van der Waals surface area contributed by atoms with Gasteiger partial charge in [-0.25, -0.2) is 4.98 Å². The molecule has 3 rings (SSSR count). The fourth-order valence-electron chi connectivity index (χ4n) is 2.01. The van der Waals surface area contributed by atoms with E-state index in [1.54, 1.807) is 0 Å². The highest BCUT2D eigenvalue weighted by Crippen LogP contribution is 2.34. The van der Waals surface area contributed by atoms with Crippen molar-refractivity contribution in [3.63, 3.8) is 0 Å². The summed E-state index contributed by atoms with van der Waals surface area (Å²) >= 11 is 3.45. The Balaban J connectivity index is 2.25. The van der Waals surface area contributed by atoms with Crippen LogP contribution in [-0.4, -0.2) is 16.2 Å². The molecular formula is C12H11BrN2O. The van der Waals surface area contributed by atoms with E-state index in [2.05, 4.69) is 32.4 Å². The van der Waals surface area contributed by atoms with Crippen molar-refractivity contribution in [2.45, 2.75) is 13.5 Å². The van der Waals surface area contributed by atoms with Crippen LogP contribution >= 0.6 is 15.9 Å². The van der Waals surface area contributed by atoms with Crippen LogP contribution in [0.5, 0.6) is 5.75 Å². The molecule has 0 amide bonds. The average molecular weight is 279 g/mol. The number of fused-ring (bicyclic) bond motifs is 3. The van der Waals surface area contributed by atoms with E-state index in [1.165, 1.54) is 5.69 Å². The zero-order valence-corrected chi connectivity index (χ0v) is 10.5. The minimum absolute atomic E-state index is 0.688. The van der Waals surface area contributed by atoms with E-state index < -0.39 is 0 Å². The molecule has 3 nitrogen and oxygen atoms in total. The molecule has 0 bridgehead atoms. The van der Waals surface area contributed by atoms with Crippen LogP contribution in [0.15, 0.2) is 28.9 Å². The number of hydrogen-bond donors (Lipinski definition) is 0. The lowest BCUT2D eigenvalue weighted by Crippen LogP contribution is -2.06. The van der Waals surface area contributed by atoms with Crippen LogP contribution in [0.25, 0.3) is 11.4 Å². The van der Waals surface area contributed by atoms with E-state index in [9.17, 15) is 0 Å². The summed E-state index contributed by atoms with van der Waals surface area (Å²) < 4.78 is 8.96. The van der Waals surface area contributed by atoms with E-state index in [0.717, 1.165) is 28.2 Å². The molecule has 2 heterocycles. The number of aryl methyl sites for hydroxylation is 1. The van der Waals surface area contributed by atoms with Gasteiger partial charge in [-0.15, -0.1) is 0 Å². The number of halogens is 1. The van der Waals surface area contributed by atoms with Crippen molar-refractivity contribution in [2.75, 3.05) is 6.61 Å². The van der Waals surface area contributed by atoms with Gasteiger partial charge in [0.1, 0.15) is 18.2 Å². The smallest absolute Gasteiger partial charge is 0.143 e. The number of rotatable bonds is 0. The van der Waals surface area contributed by atoms with Gasteiger partial charge in [0.05, 0.1) is 12.1 Å². The lowest BCUT2D eigenvalue weighted by Gasteiger charge is -2.05. The van der Waals surface area contributed by atoms with Crippen molar-refractivity contribution in [2.24, 2.45) is 0 Å². The van der Waals surface area contributed by atoms with Crippen molar-refractivity contribution in [3.05, 3.63) is 34.6 Å². The maximum absolute atomic E-state index is 5.73. The monoisotopic (exact) mass is 278 g/mol. The standard InChI is InChI=1S/C12H11BrN2O/c1-8-7-14-12-10-3-2-9(13)6-11(10)16-5-4-15(8)12/h2-3,6-7H,4-5H2,1H3. The maximum Gasteiger partial charge on any atom is 0.143 e. The quantitative estimate of drug-likeness (QED) is 0.741. The molecule has 1 aromatic carbocycles. The molecule has 4 heteroatoms. The third kappa shape index (κ3) is 1.45. The van der Waals surface area contributed by atoms with Gasteiger partial charge in [0.15, 0.2) is 0 Å². The topological polar surface area (TPSA) is 27.1 Å². The second-order valence-corrected chi connectivity index (χ2v) is 4.78. The van der Waals surface area contributed by atoms with Crippen molar-refractivity contribution in [1.82, 2.24) is 9.55 Å². The Bertz CT molecular complexity index is 548. The Morgan fingerprint density at radius 1 is 1.44 bits per heavy atom. The van der Waals surface area contributed by atoms with Crippen LogP contribution in [-0.2, 0) is 6.54 Å². The van der Waals surface area contributed by atoms with Crippen molar-refractivity contribution in [3.8, 4) is 17.1 Å². The molecule has 0 saturated heterocycles. The molecule has 0 saturated carbocycles. The largest absolute Gasteiger partial charge is 0.491 e. The summed E-state index contributed by atoms with van der Waals surface area (Å²) in [6.45, 7) is 3.61. The summed E-state index contributed by atoms with van der Waals surface area (Å²) in [6.07, 6.45) is 1.91. The molecule has 0 fully saturated rings. The zero-order chi connectivity index (χ0) is 11.1. The summed E-state index contributed by atoms with van der Waals surface area (Å²) in [5.74, 6) is 1.90. The van der Waals surface area contributed by atoms with Gasteiger partial charge in [-0.1, -0.05) is 15.9 Å². The van der Waals surface area contributed by atoms with Crippen LogP contribution in [0, 0.1) is 6.92 Å². The van der Waals surface area contributed by atoms with Gasteiger partial charge in [0.25, 0.3) is 0 Å². The van der Waals surface area contributed by atoms with Gasteiger partial charge >= 0.3 is 0 Å². The van der Waals surface area contributed by atoms with Crippen molar-refractivity contribution < 1.29 is 4.74 Å². The summed E-state index contributed by atoms with van der Waals surface area (Å²) in [5, 5.41) is 0. The molecule has 0 atom stereocenters. The average Bonchev–Trinajstić information content (AvgIpc) is 2.54. The molecule has 0 radical (unpaired) electrons. The van der Waals surface area contributed by atoms with Gasteiger partial charge in [-0.3, -0.25) is 0 Å². The number of imidazole rings is 1. The van der Waals surface area contributed by atoms with Gasteiger partial charge in [0.2, 0.25) is 0 Å². The molecule has 0 aliphatic carbocycles. The number of benzene rings is 1. The Morgan fingerprint density at radius 3 is 3.19 bits per heavy atom. The van der Waals surface area contributed by atoms with E-state index in [0.29, 0.717) is 6.61 Å². The van der Waals surface area contributed by atoms with Crippen molar-refractivity contribution in [1.29, 1.82) is 0 Å². The third-order valence-electron chi connectivity index (χ3n) is 2.81. The number of aromatic nitrogens is 2. The summed E-state index contributed by atoms with van der Waals surface area (Å²) in [6, 6.07) is 6.06. The summed E-state index contributed by atoms with van der Waals surface area (Å²) in [4.78, 5) is 4.45. The minimum atomic E-state index is 0.688. The van der Waals surface area contributed by atoms with Crippen LogP contribution in [0.4, 0.5) is 0 Å². The molecule has 82 valence electrons. The molecule has 1 aliphatic rings. The fraction of sp³-hybridized carbons (Fsp3) is 0.250. The van der Waals surface area contributed by atoms with Crippen LogP contribution in [0.1, 0.15) is 5.69 Å². The van der Waals surface area contributed by atoms with E-state index in [4.69, 9.17) is 4.74 Å². The first-order chi connectivity index (χ1) is 7.75. The molecule has 0 unspecified atom stereocenters. The number of nitrogens with zero attached hydrogens (tertiary/aromatic N) is 2. The second-order valence-electron chi connectivity index (χ2n) is 3.86. The molecule has 1 aromatic heterocycles. The van der Waals surface area contributed by atoms with Crippen LogP contribution < -0.4 is 4.74 Å². The van der Waals surface area contributed by atoms with E-state index in [1.807, 2.05) is 24.4 Å². The normalized spacial score (nSPS) is 13.6. The third-order valence-corrected chi connectivity index (χ3v) is 3.31. The van der Waals surface area contributed by atoms with Crippen LogP contribution in [0.3, 0.4) is 0 Å². The molecular weight excluding hydrogens is 268 g/mol. The predicted octanol–water partition coefficient (Wildman–Crippen LogP) is 3.01. The maximum atomic E-state index is 5.73. The van der Waals surface area contributed by atoms with Gasteiger partial charge in [-0.05, 0) is 25.1 Å². The first-order valence-electron chi connectivity index (χ1n) is 5.20. The second kappa shape index (κ2) is 3.63. The minimum Gasteiger partial charge on any atom is -0.491 e. The van der Waals surface area contributed by atoms with E-state index >= 15 is 0 Å². The Labute approximate surface area is 102 Å². The van der Waals surface area contributed by atoms with E-state index in [-0.39, 0.29) is 0 Å². The molecule has 1 aliphatic heterocycles. The van der Waals surface area contributed by atoms with Crippen LogP contribution in [0.2, 0.25) is 0 Å². The lowest BCUT2D eigenvalue weighted by molar-refractivity contribution is 0.305. The summed E-state index contributed by atoms with van der Waals surface area (Å²) in [7, 11) is 0. The predicted molar refractivity (Wildman–Crippen MR) is 65.6 cm³/mol. The first-order valence-corrected chi connectivity index (χ1v) is 6.00. The highest BCUT2D eigenvalue weighted by Gasteiger charge is 2.17.